The molecule has 1 aromatic carbocycles. The summed E-state index contributed by atoms with van der Waals surface area (Å²) in [6.45, 7) is 0.301. The number of nitrogens with one attached hydrogen (secondary N) is 1. The molecule has 0 aliphatic carbocycles. The largest absolute Gasteiger partial charge is 0.370 e. The van der Waals surface area contributed by atoms with Crippen molar-refractivity contribution in [2.24, 2.45) is 5.73 Å². The van der Waals surface area contributed by atoms with E-state index in [-0.39, 0.29) is 12.3 Å². The van der Waals surface area contributed by atoms with Gasteiger partial charge >= 0.3 is 0 Å². The minimum atomic E-state index is -0.408. The molecule has 0 unspecified atom stereocenters. The van der Waals surface area contributed by atoms with E-state index in [0.29, 0.717) is 13.0 Å². The van der Waals surface area contributed by atoms with Crippen LogP contribution in [-0.2, 0) is 16.0 Å². The molecule has 5 heteroatoms. The van der Waals surface area contributed by atoms with Gasteiger partial charge in [-0.15, -0.1) is 11.8 Å². The molecule has 4 nitrogen and oxygen atoms in total. The Labute approximate surface area is 105 Å². The van der Waals surface area contributed by atoms with Crippen molar-refractivity contribution in [1.82, 2.24) is 5.32 Å². The molecule has 0 atom stereocenters. The second kappa shape index (κ2) is 6.96. The summed E-state index contributed by atoms with van der Waals surface area (Å²) in [6, 6.07) is 7.77. The van der Waals surface area contributed by atoms with Gasteiger partial charge in [0.15, 0.2) is 0 Å². The lowest BCUT2D eigenvalue weighted by Crippen LogP contribution is -2.29. The Morgan fingerprint density at radius 2 is 2.06 bits per heavy atom. The number of rotatable bonds is 6. The zero-order valence-corrected chi connectivity index (χ0v) is 10.5. The minimum absolute atomic E-state index is 0.0900. The van der Waals surface area contributed by atoms with Gasteiger partial charge in [0.1, 0.15) is 0 Å². The smallest absolute Gasteiger partial charge is 0.224 e. The Hall–Kier alpha value is -1.49. The molecule has 0 radical (unpaired) electrons. The van der Waals surface area contributed by atoms with Crippen LogP contribution in [0.25, 0.3) is 0 Å². The predicted molar refractivity (Wildman–Crippen MR) is 68.7 cm³/mol. The lowest BCUT2D eigenvalue weighted by Gasteiger charge is -2.07. The van der Waals surface area contributed by atoms with Crippen LogP contribution < -0.4 is 11.1 Å². The molecule has 17 heavy (non-hydrogen) atoms. The molecule has 0 fully saturated rings. The molecule has 92 valence electrons. The van der Waals surface area contributed by atoms with E-state index in [1.54, 1.807) is 11.8 Å². The number of primary amides is 1. The molecule has 0 aliphatic rings. The fourth-order valence-corrected chi connectivity index (χ4v) is 2.03. The average Bonchev–Trinajstić information content (AvgIpc) is 2.29. The summed E-state index contributed by atoms with van der Waals surface area (Å²) in [6.07, 6.45) is 2.48. The highest BCUT2D eigenvalue weighted by Crippen LogP contribution is 2.19. The molecule has 1 aromatic rings. The fourth-order valence-electron chi connectivity index (χ4n) is 1.41. The van der Waals surface area contributed by atoms with Gasteiger partial charge in [-0.05, 0) is 17.9 Å². The van der Waals surface area contributed by atoms with Crippen molar-refractivity contribution in [3.05, 3.63) is 29.8 Å². The number of carbonyl (C=O) groups excluding carboxylic acids is 2. The molecular weight excluding hydrogens is 236 g/mol. The number of nitrogens with two attached hydrogens (primary N) is 1. The molecular formula is C12H16N2O2S. The van der Waals surface area contributed by atoms with E-state index in [2.05, 4.69) is 5.32 Å². The highest BCUT2D eigenvalue weighted by molar-refractivity contribution is 7.98. The molecule has 2 amide bonds. The van der Waals surface area contributed by atoms with Gasteiger partial charge in [0.25, 0.3) is 0 Å². The first-order valence-corrected chi connectivity index (χ1v) is 6.53. The molecule has 0 saturated heterocycles. The lowest BCUT2D eigenvalue weighted by atomic mass is 10.1. The number of hydrogen-bond donors (Lipinski definition) is 2. The highest BCUT2D eigenvalue weighted by Gasteiger charge is 2.06. The van der Waals surface area contributed by atoms with Crippen molar-refractivity contribution < 1.29 is 9.59 Å². The van der Waals surface area contributed by atoms with Crippen LogP contribution >= 0.6 is 11.8 Å². The zero-order valence-electron chi connectivity index (χ0n) is 9.73. The van der Waals surface area contributed by atoms with Crippen LogP contribution in [0.3, 0.4) is 0 Å². The van der Waals surface area contributed by atoms with Crippen molar-refractivity contribution in [1.29, 1.82) is 0 Å². The van der Waals surface area contributed by atoms with Gasteiger partial charge in [-0.3, -0.25) is 9.59 Å². The lowest BCUT2D eigenvalue weighted by molar-refractivity contribution is -0.120. The number of benzene rings is 1. The maximum absolute atomic E-state index is 11.6. The van der Waals surface area contributed by atoms with Gasteiger partial charge in [0.2, 0.25) is 11.8 Å². The van der Waals surface area contributed by atoms with Crippen molar-refractivity contribution in [2.45, 2.75) is 17.7 Å². The van der Waals surface area contributed by atoms with Crippen molar-refractivity contribution >= 4 is 23.6 Å². The first kappa shape index (κ1) is 13.6. The van der Waals surface area contributed by atoms with Crippen LogP contribution in [0.15, 0.2) is 29.2 Å². The second-order valence-corrected chi connectivity index (χ2v) is 4.40. The van der Waals surface area contributed by atoms with Crippen LogP contribution in [0.4, 0.5) is 0 Å². The van der Waals surface area contributed by atoms with E-state index in [9.17, 15) is 9.59 Å². The Kier molecular flexibility index (Phi) is 5.56. The predicted octanol–water partition coefficient (Wildman–Crippen LogP) is 0.943. The summed E-state index contributed by atoms with van der Waals surface area (Å²) in [5.74, 6) is -0.498. The Morgan fingerprint density at radius 3 is 2.71 bits per heavy atom. The van der Waals surface area contributed by atoms with Crippen LogP contribution in [0.1, 0.15) is 12.0 Å². The SMILES string of the molecule is CSc1ccccc1CC(=O)NCCC(N)=O. The average molecular weight is 252 g/mol. The van der Waals surface area contributed by atoms with Gasteiger partial charge in [0, 0.05) is 17.9 Å². The van der Waals surface area contributed by atoms with Gasteiger partial charge in [-0.1, -0.05) is 18.2 Å². The van der Waals surface area contributed by atoms with E-state index in [4.69, 9.17) is 5.73 Å². The van der Waals surface area contributed by atoms with E-state index in [0.717, 1.165) is 10.5 Å². The quantitative estimate of drug-likeness (QED) is 0.740. The first-order valence-electron chi connectivity index (χ1n) is 5.30. The third kappa shape index (κ3) is 4.91. The van der Waals surface area contributed by atoms with Crippen LogP contribution in [-0.4, -0.2) is 24.6 Å². The van der Waals surface area contributed by atoms with Gasteiger partial charge in [-0.2, -0.15) is 0 Å². The molecule has 3 N–H and O–H groups in total. The summed E-state index contributed by atoms with van der Waals surface area (Å²) < 4.78 is 0. The van der Waals surface area contributed by atoms with Crippen molar-refractivity contribution in [3.8, 4) is 0 Å². The van der Waals surface area contributed by atoms with E-state index >= 15 is 0 Å². The molecule has 0 saturated carbocycles. The summed E-state index contributed by atoms with van der Waals surface area (Å²) in [4.78, 5) is 23.2. The van der Waals surface area contributed by atoms with Crippen molar-refractivity contribution in [3.63, 3.8) is 0 Å². The fraction of sp³-hybridized carbons (Fsp3) is 0.333. The number of thioether (sulfide) groups is 1. The first-order chi connectivity index (χ1) is 8.13. The Balaban J connectivity index is 2.47. The second-order valence-electron chi connectivity index (χ2n) is 3.55. The van der Waals surface area contributed by atoms with Gasteiger partial charge in [0.05, 0.1) is 6.42 Å². The van der Waals surface area contributed by atoms with Crippen LogP contribution in [0.2, 0.25) is 0 Å². The molecule has 0 heterocycles. The van der Waals surface area contributed by atoms with Crippen LogP contribution in [0.5, 0.6) is 0 Å². The number of amides is 2. The van der Waals surface area contributed by atoms with Crippen LogP contribution in [0, 0.1) is 0 Å². The third-order valence-corrected chi connectivity index (χ3v) is 3.08. The maximum Gasteiger partial charge on any atom is 0.224 e. The molecule has 0 aromatic heterocycles. The molecule has 0 bridgehead atoms. The molecule has 1 rings (SSSR count). The van der Waals surface area contributed by atoms with Gasteiger partial charge < -0.3 is 11.1 Å². The third-order valence-electron chi connectivity index (χ3n) is 2.24. The summed E-state index contributed by atoms with van der Waals surface area (Å²) in [5.41, 5.74) is 5.98. The topological polar surface area (TPSA) is 72.2 Å². The van der Waals surface area contributed by atoms with E-state index in [1.165, 1.54) is 0 Å². The maximum atomic E-state index is 11.6. The zero-order chi connectivity index (χ0) is 12.7. The normalized spacial score (nSPS) is 9.94. The van der Waals surface area contributed by atoms with Gasteiger partial charge in [-0.25, -0.2) is 0 Å². The number of hydrogen-bond acceptors (Lipinski definition) is 3. The number of carbonyl (C=O) groups is 2. The Bertz CT molecular complexity index is 407. The summed E-state index contributed by atoms with van der Waals surface area (Å²) in [7, 11) is 0. The molecule has 0 spiro atoms. The van der Waals surface area contributed by atoms with E-state index < -0.39 is 5.91 Å². The van der Waals surface area contributed by atoms with E-state index in [1.807, 2.05) is 30.5 Å². The standard InChI is InChI=1S/C12H16N2O2S/c1-17-10-5-3-2-4-9(10)8-12(16)14-7-6-11(13)15/h2-5H,6-8H2,1H3,(H2,13,15)(H,14,16). The molecule has 0 aliphatic heterocycles. The summed E-state index contributed by atoms with van der Waals surface area (Å²) in [5, 5.41) is 2.66. The monoisotopic (exact) mass is 252 g/mol. The highest BCUT2D eigenvalue weighted by atomic mass is 32.2. The summed E-state index contributed by atoms with van der Waals surface area (Å²) >= 11 is 1.61. The Morgan fingerprint density at radius 1 is 1.35 bits per heavy atom. The minimum Gasteiger partial charge on any atom is -0.370 e. The van der Waals surface area contributed by atoms with Crippen molar-refractivity contribution in [2.75, 3.05) is 12.8 Å².